The zero-order chi connectivity index (χ0) is 27.1. The fourth-order valence-corrected chi connectivity index (χ4v) is 3.75. The van der Waals surface area contributed by atoms with E-state index in [4.69, 9.17) is 4.74 Å². The van der Waals surface area contributed by atoms with Crippen LogP contribution in [-0.2, 0) is 16.1 Å². The van der Waals surface area contributed by atoms with Crippen LogP contribution in [0, 0.1) is 11.6 Å². The van der Waals surface area contributed by atoms with E-state index in [0.29, 0.717) is 19.5 Å². The highest BCUT2D eigenvalue weighted by atomic mass is 19.1. The van der Waals surface area contributed by atoms with Gasteiger partial charge in [-0.2, -0.15) is 0 Å². The van der Waals surface area contributed by atoms with E-state index < -0.39 is 53.2 Å². The number of rotatable bonds is 11. The van der Waals surface area contributed by atoms with E-state index in [1.807, 2.05) is 6.92 Å². The van der Waals surface area contributed by atoms with Gasteiger partial charge in [-0.3, -0.25) is 25.5 Å². The third-order valence-corrected chi connectivity index (χ3v) is 5.82. The summed E-state index contributed by atoms with van der Waals surface area (Å²) in [5.41, 5.74) is -1.93. The number of nitrogens with zero attached hydrogens (tertiary/aromatic N) is 1. The van der Waals surface area contributed by atoms with Crippen LogP contribution < -0.4 is 26.7 Å². The predicted octanol–water partition coefficient (Wildman–Crippen LogP) is 0.424. The standard InChI is InChI=1S/C23H30F2N6O6/c1-3-4-7-37-23(36)30-16(21(34)35)11-31(2)20(33)14-10-28-18-12(19(14)32)8-15(24)13(17(18)25)9-29-22-26-5-6-27-22/h8,10,16,22,26-27,29H,3-7,9,11H2,1-2H3,(H,28,32)(H,30,36)(H,34,35). The maximum absolute atomic E-state index is 15.1. The van der Waals surface area contributed by atoms with Crippen molar-refractivity contribution in [1.82, 2.24) is 31.2 Å². The van der Waals surface area contributed by atoms with Crippen molar-refractivity contribution >= 4 is 28.9 Å². The topological polar surface area (TPSA) is 165 Å². The molecule has 1 saturated heterocycles. The molecule has 0 radical (unpaired) electrons. The molecule has 1 aliphatic rings. The highest BCUT2D eigenvalue weighted by Crippen LogP contribution is 2.21. The van der Waals surface area contributed by atoms with Gasteiger partial charge in [0.05, 0.1) is 24.1 Å². The largest absolute Gasteiger partial charge is 0.480 e. The highest BCUT2D eigenvalue weighted by Gasteiger charge is 2.27. The molecule has 202 valence electrons. The first kappa shape index (κ1) is 28.0. The molecule has 2 heterocycles. The van der Waals surface area contributed by atoms with Gasteiger partial charge in [0.1, 0.15) is 23.7 Å². The number of ether oxygens (including phenoxy) is 1. The number of nitrogens with one attached hydrogen (secondary N) is 5. The summed E-state index contributed by atoms with van der Waals surface area (Å²) in [5, 5.41) is 20.2. The molecule has 2 aromatic rings. The van der Waals surface area contributed by atoms with E-state index in [2.05, 4.69) is 26.3 Å². The second-order valence-corrected chi connectivity index (χ2v) is 8.54. The van der Waals surface area contributed by atoms with Gasteiger partial charge in [0.15, 0.2) is 5.82 Å². The molecule has 12 nitrogen and oxygen atoms in total. The second-order valence-electron chi connectivity index (χ2n) is 8.54. The number of H-pyrrole nitrogens is 1. The molecule has 14 heteroatoms. The molecule has 1 aromatic heterocycles. The van der Waals surface area contributed by atoms with E-state index in [9.17, 15) is 28.7 Å². The quantitative estimate of drug-likeness (QED) is 0.229. The first-order valence-electron chi connectivity index (χ1n) is 11.8. The predicted molar refractivity (Wildman–Crippen MR) is 129 cm³/mol. The fraction of sp³-hybridized carbons (Fsp3) is 0.478. The molecule has 0 spiro atoms. The lowest BCUT2D eigenvalue weighted by Crippen LogP contribution is -2.49. The monoisotopic (exact) mass is 524 g/mol. The number of benzene rings is 1. The third kappa shape index (κ3) is 6.78. The number of aliphatic carboxylic acids is 1. The fourth-order valence-electron chi connectivity index (χ4n) is 3.75. The Morgan fingerprint density at radius 2 is 1.97 bits per heavy atom. The number of fused-ring (bicyclic) bond motifs is 1. The number of aromatic amines is 1. The Bertz CT molecular complexity index is 1220. The van der Waals surface area contributed by atoms with Crippen molar-refractivity contribution in [2.24, 2.45) is 0 Å². The van der Waals surface area contributed by atoms with Gasteiger partial charge in [-0.15, -0.1) is 0 Å². The van der Waals surface area contributed by atoms with E-state index >= 15 is 4.39 Å². The van der Waals surface area contributed by atoms with Gasteiger partial charge in [-0.25, -0.2) is 18.4 Å². The average Bonchev–Trinajstić information content (AvgIpc) is 3.37. The van der Waals surface area contributed by atoms with Crippen molar-refractivity contribution in [3.8, 4) is 0 Å². The molecule has 1 atom stereocenters. The molecule has 0 bridgehead atoms. The van der Waals surface area contributed by atoms with Crippen LogP contribution >= 0.6 is 0 Å². The minimum atomic E-state index is -1.52. The van der Waals surface area contributed by atoms with Crippen LogP contribution in [0.1, 0.15) is 35.7 Å². The van der Waals surface area contributed by atoms with Crippen molar-refractivity contribution in [2.45, 2.75) is 38.6 Å². The highest BCUT2D eigenvalue weighted by molar-refractivity contribution is 5.97. The van der Waals surface area contributed by atoms with Gasteiger partial charge < -0.3 is 25.0 Å². The molecule has 1 aliphatic heterocycles. The van der Waals surface area contributed by atoms with E-state index in [-0.39, 0.29) is 35.9 Å². The number of halogens is 2. The van der Waals surface area contributed by atoms with Gasteiger partial charge in [0.25, 0.3) is 5.91 Å². The molecule has 2 amide bonds. The number of amides is 2. The van der Waals surface area contributed by atoms with E-state index in [0.717, 1.165) is 23.6 Å². The zero-order valence-corrected chi connectivity index (χ0v) is 20.5. The van der Waals surface area contributed by atoms with Crippen LogP contribution in [0.25, 0.3) is 10.9 Å². The second kappa shape index (κ2) is 12.6. The molecule has 0 saturated carbocycles. The number of likely N-dealkylation sites (N-methyl/N-ethyl adjacent to an activating group) is 1. The van der Waals surface area contributed by atoms with Crippen LogP contribution in [0.5, 0.6) is 0 Å². The minimum Gasteiger partial charge on any atom is -0.480 e. The van der Waals surface area contributed by atoms with Gasteiger partial charge in [0.2, 0.25) is 5.43 Å². The van der Waals surface area contributed by atoms with Crippen molar-refractivity contribution in [3.63, 3.8) is 0 Å². The summed E-state index contributed by atoms with van der Waals surface area (Å²) in [6.45, 7) is 2.74. The number of hydrogen-bond donors (Lipinski definition) is 6. The molecule has 0 aliphatic carbocycles. The lowest BCUT2D eigenvalue weighted by Gasteiger charge is -2.22. The Morgan fingerprint density at radius 1 is 1.27 bits per heavy atom. The van der Waals surface area contributed by atoms with Gasteiger partial charge in [-0.05, 0) is 12.5 Å². The number of carbonyl (C=O) groups excluding carboxylic acids is 2. The number of carboxylic acids is 1. The van der Waals surface area contributed by atoms with Crippen molar-refractivity contribution < 1.29 is 33.0 Å². The summed E-state index contributed by atoms with van der Waals surface area (Å²) < 4.78 is 34.7. The zero-order valence-electron chi connectivity index (χ0n) is 20.5. The average molecular weight is 525 g/mol. The molecule has 37 heavy (non-hydrogen) atoms. The Morgan fingerprint density at radius 3 is 2.62 bits per heavy atom. The normalized spacial score (nSPS) is 14.5. The van der Waals surface area contributed by atoms with Crippen molar-refractivity contribution in [2.75, 3.05) is 33.3 Å². The lowest BCUT2D eigenvalue weighted by atomic mass is 10.1. The summed E-state index contributed by atoms with van der Waals surface area (Å²) in [5.74, 6) is -4.26. The Hall–Kier alpha value is -3.62. The Labute approximate surface area is 210 Å². The van der Waals surface area contributed by atoms with Gasteiger partial charge in [0, 0.05) is 38.4 Å². The van der Waals surface area contributed by atoms with E-state index in [1.165, 1.54) is 7.05 Å². The number of alkyl carbamates (subject to hydrolysis) is 1. The SMILES string of the molecule is CCCCOC(=O)NC(CN(C)C(=O)c1c[nH]c2c(F)c(CNC3NCCN3)c(F)cc2c1=O)C(=O)O. The molecule has 6 N–H and O–H groups in total. The van der Waals surface area contributed by atoms with Crippen LogP contribution in [0.2, 0.25) is 0 Å². The van der Waals surface area contributed by atoms with Crippen LogP contribution in [-0.4, -0.2) is 78.6 Å². The first-order valence-corrected chi connectivity index (χ1v) is 11.8. The summed E-state index contributed by atoms with van der Waals surface area (Å²) in [6.07, 6.45) is 1.09. The van der Waals surface area contributed by atoms with Crippen molar-refractivity contribution in [1.29, 1.82) is 0 Å². The Balaban J connectivity index is 1.77. The van der Waals surface area contributed by atoms with Gasteiger partial charge >= 0.3 is 12.1 Å². The van der Waals surface area contributed by atoms with Crippen molar-refractivity contribution in [3.05, 3.63) is 45.2 Å². The van der Waals surface area contributed by atoms with E-state index in [1.54, 1.807) is 0 Å². The van der Waals surface area contributed by atoms with Crippen LogP contribution in [0.4, 0.5) is 13.6 Å². The number of aromatic nitrogens is 1. The smallest absolute Gasteiger partial charge is 0.407 e. The van der Waals surface area contributed by atoms with Crippen LogP contribution in [0.15, 0.2) is 17.1 Å². The maximum atomic E-state index is 15.1. The summed E-state index contributed by atoms with van der Waals surface area (Å²) in [4.78, 5) is 52.7. The van der Waals surface area contributed by atoms with Gasteiger partial charge in [-0.1, -0.05) is 13.3 Å². The molecule has 1 fully saturated rings. The summed E-state index contributed by atoms with van der Waals surface area (Å²) >= 11 is 0. The molecular formula is C23H30F2N6O6. The molecular weight excluding hydrogens is 494 g/mol. The Kier molecular flexibility index (Phi) is 9.49. The first-order chi connectivity index (χ1) is 17.6. The number of carbonyl (C=O) groups is 3. The summed E-state index contributed by atoms with van der Waals surface area (Å²) in [7, 11) is 1.23. The third-order valence-electron chi connectivity index (χ3n) is 5.82. The maximum Gasteiger partial charge on any atom is 0.407 e. The number of pyridine rings is 1. The molecule has 1 aromatic carbocycles. The minimum absolute atomic E-state index is 0.106. The molecule has 1 unspecified atom stereocenters. The lowest BCUT2D eigenvalue weighted by molar-refractivity contribution is -0.139. The number of unbranched alkanes of at least 4 members (excludes halogenated alkanes) is 1. The number of hydrogen-bond acceptors (Lipinski definition) is 8. The molecule has 3 rings (SSSR count). The summed E-state index contributed by atoms with van der Waals surface area (Å²) in [6, 6.07) is -0.662. The number of carboxylic acid groups (broad SMARTS) is 1. The van der Waals surface area contributed by atoms with Crippen LogP contribution in [0.3, 0.4) is 0 Å².